The Morgan fingerprint density at radius 2 is 2.10 bits per heavy atom. The van der Waals surface area contributed by atoms with E-state index in [0.29, 0.717) is 5.92 Å². The van der Waals surface area contributed by atoms with Gasteiger partial charge >= 0.3 is 0 Å². The predicted octanol–water partition coefficient (Wildman–Crippen LogP) is 3.54. The Kier molecular flexibility index (Phi) is 6.07. The summed E-state index contributed by atoms with van der Waals surface area (Å²) in [7, 11) is 0. The Balaban J connectivity index is 2.05. The summed E-state index contributed by atoms with van der Waals surface area (Å²) < 4.78 is 0. The number of hydrogen-bond donors (Lipinski definition) is 2. The quantitative estimate of drug-likeness (QED) is 0.873. The summed E-state index contributed by atoms with van der Waals surface area (Å²) in [6, 6.07) is 7.86. The summed E-state index contributed by atoms with van der Waals surface area (Å²) in [6.45, 7) is 6.17. The molecule has 1 aromatic carbocycles. The van der Waals surface area contributed by atoms with Crippen LogP contribution in [0.1, 0.15) is 44.7 Å². The first-order chi connectivity index (χ1) is 10.1. The number of piperidine rings is 1. The van der Waals surface area contributed by atoms with Gasteiger partial charge in [0.1, 0.15) is 0 Å². The number of hydrogen-bond acceptors (Lipinski definition) is 2. The molecule has 1 aromatic rings. The van der Waals surface area contributed by atoms with Gasteiger partial charge in [-0.05, 0) is 49.4 Å². The van der Waals surface area contributed by atoms with Gasteiger partial charge in [-0.3, -0.25) is 4.79 Å². The van der Waals surface area contributed by atoms with Crippen molar-refractivity contribution >= 4 is 17.5 Å². The van der Waals surface area contributed by atoms with E-state index >= 15 is 0 Å². The molecule has 1 saturated heterocycles. The lowest BCUT2D eigenvalue weighted by atomic mass is 9.94. The molecular formula is C17H25ClN2O. The molecule has 3 nitrogen and oxygen atoms in total. The van der Waals surface area contributed by atoms with Crippen LogP contribution in [0.5, 0.6) is 0 Å². The van der Waals surface area contributed by atoms with E-state index in [1.807, 2.05) is 24.3 Å². The van der Waals surface area contributed by atoms with Crippen LogP contribution in [0.3, 0.4) is 0 Å². The Labute approximate surface area is 132 Å². The third kappa shape index (κ3) is 5.01. The van der Waals surface area contributed by atoms with Crippen LogP contribution in [-0.4, -0.2) is 19.0 Å². The van der Waals surface area contributed by atoms with Crippen LogP contribution >= 0.6 is 11.6 Å². The highest BCUT2D eigenvalue weighted by atomic mass is 35.5. The van der Waals surface area contributed by atoms with E-state index in [1.54, 1.807) is 0 Å². The van der Waals surface area contributed by atoms with Crippen LogP contribution in [-0.2, 0) is 4.79 Å². The number of rotatable bonds is 5. The molecule has 116 valence electrons. The standard InChI is InChI=1S/C17H25ClN2O/c1-12(2)10-16(13-5-7-15(18)8-6-13)20-17(21)14-4-3-9-19-11-14/h5-8,12,14,16,19H,3-4,9-11H2,1-2H3,(H,20,21). The van der Waals surface area contributed by atoms with Crippen LogP contribution in [0, 0.1) is 11.8 Å². The van der Waals surface area contributed by atoms with Crippen molar-refractivity contribution < 1.29 is 4.79 Å². The van der Waals surface area contributed by atoms with Gasteiger partial charge in [-0.1, -0.05) is 37.6 Å². The van der Waals surface area contributed by atoms with E-state index in [9.17, 15) is 4.79 Å². The van der Waals surface area contributed by atoms with Crippen LogP contribution in [0.25, 0.3) is 0 Å². The molecule has 2 atom stereocenters. The van der Waals surface area contributed by atoms with E-state index < -0.39 is 0 Å². The van der Waals surface area contributed by atoms with E-state index in [4.69, 9.17) is 11.6 Å². The second-order valence-corrected chi connectivity index (χ2v) is 6.72. The average molecular weight is 309 g/mol. The Hall–Kier alpha value is -1.06. The second kappa shape index (κ2) is 7.81. The van der Waals surface area contributed by atoms with Crippen LogP contribution in [0.2, 0.25) is 5.02 Å². The molecule has 1 aliphatic heterocycles. The fourth-order valence-corrected chi connectivity index (χ4v) is 2.94. The van der Waals surface area contributed by atoms with Gasteiger partial charge in [-0.2, -0.15) is 0 Å². The largest absolute Gasteiger partial charge is 0.349 e. The molecule has 2 unspecified atom stereocenters. The number of carbonyl (C=O) groups is 1. The van der Waals surface area contributed by atoms with Crippen molar-refractivity contribution in [2.24, 2.45) is 11.8 Å². The van der Waals surface area contributed by atoms with Gasteiger partial charge in [0.15, 0.2) is 0 Å². The molecule has 1 aliphatic rings. The maximum atomic E-state index is 12.5. The van der Waals surface area contributed by atoms with Gasteiger partial charge in [0.05, 0.1) is 12.0 Å². The average Bonchev–Trinajstić information content (AvgIpc) is 2.48. The van der Waals surface area contributed by atoms with Gasteiger partial charge in [0, 0.05) is 11.6 Å². The van der Waals surface area contributed by atoms with Crippen molar-refractivity contribution in [1.82, 2.24) is 10.6 Å². The van der Waals surface area contributed by atoms with Crippen molar-refractivity contribution in [2.45, 2.75) is 39.2 Å². The number of benzene rings is 1. The highest BCUT2D eigenvalue weighted by Gasteiger charge is 2.24. The minimum Gasteiger partial charge on any atom is -0.349 e. The summed E-state index contributed by atoms with van der Waals surface area (Å²) >= 11 is 5.95. The number of nitrogens with one attached hydrogen (secondary N) is 2. The molecule has 0 aliphatic carbocycles. The Morgan fingerprint density at radius 3 is 2.67 bits per heavy atom. The lowest BCUT2D eigenvalue weighted by Gasteiger charge is -2.26. The summed E-state index contributed by atoms with van der Waals surface area (Å²) in [5.41, 5.74) is 1.13. The zero-order chi connectivity index (χ0) is 15.2. The monoisotopic (exact) mass is 308 g/mol. The molecule has 2 N–H and O–H groups in total. The fourth-order valence-electron chi connectivity index (χ4n) is 2.81. The zero-order valence-corrected chi connectivity index (χ0v) is 13.6. The molecule has 0 spiro atoms. The van der Waals surface area contributed by atoms with E-state index in [0.717, 1.165) is 42.9 Å². The van der Waals surface area contributed by atoms with Crippen molar-refractivity contribution in [1.29, 1.82) is 0 Å². The lowest BCUT2D eigenvalue weighted by Crippen LogP contribution is -2.42. The van der Waals surface area contributed by atoms with Gasteiger partial charge in [-0.15, -0.1) is 0 Å². The molecule has 1 fully saturated rings. The van der Waals surface area contributed by atoms with Crippen molar-refractivity contribution in [3.8, 4) is 0 Å². The first-order valence-corrected chi connectivity index (χ1v) is 8.20. The highest BCUT2D eigenvalue weighted by Crippen LogP contribution is 2.24. The van der Waals surface area contributed by atoms with Gasteiger partial charge in [0.25, 0.3) is 0 Å². The van der Waals surface area contributed by atoms with Gasteiger partial charge in [0.2, 0.25) is 5.91 Å². The Bertz CT molecular complexity index is 452. The van der Waals surface area contributed by atoms with Crippen molar-refractivity contribution in [3.05, 3.63) is 34.9 Å². The summed E-state index contributed by atoms with van der Waals surface area (Å²) in [5.74, 6) is 0.791. The second-order valence-electron chi connectivity index (χ2n) is 6.29. The van der Waals surface area contributed by atoms with Crippen LogP contribution < -0.4 is 10.6 Å². The van der Waals surface area contributed by atoms with E-state index in [2.05, 4.69) is 24.5 Å². The number of halogens is 1. The first-order valence-electron chi connectivity index (χ1n) is 7.83. The highest BCUT2D eigenvalue weighted by molar-refractivity contribution is 6.30. The molecular weight excluding hydrogens is 284 g/mol. The number of carbonyl (C=O) groups excluding carboxylic acids is 1. The van der Waals surface area contributed by atoms with Crippen molar-refractivity contribution in [3.63, 3.8) is 0 Å². The van der Waals surface area contributed by atoms with E-state index in [-0.39, 0.29) is 17.9 Å². The minimum absolute atomic E-state index is 0.0664. The van der Waals surface area contributed by atoms with Crippen molar-refractivity contribution in [2.75, 3.05) is 13.1 Å². The summed E-state index contributed by atoms with van der Waals surface area (Å²) in [6.07, 6.45) is 3.00. The molecule has 0 aromatic heterocycles. The lowest BCUT2D eigenvalue weighted by molar-refractivity contribution is -0.126. The topological polar surface area (TPSA) is 41.1 Å². The third-order valence-corrected chi connectivity index (χ3v) is 4.22. The third-order valence-electron chi connectivity index (χ3n) is 3.96. The molecule has 1 amide bonds. The smallest absolute Gasteiger partial charge is 0.224 e. The van der Waals surface area contributed by atoms with Crippen LogP contribution in [0.15, 0.2) is 24.3 Å². The minimum atomic E-state index is 0.0664. The molecule has 1 heterocycles. The Morgan fingerprint density at radius 1 is 1.38 bits per heavy atom. The van der Waals surface area contributed by atoms with Gasteiger partial charge in [-0.25, -0.2) is 0 Å². The maximum Gasteiger partial charge on any atom is 0.224 e. The van der Waals surface area contributed by atoms with E-state index in [1.165, 1.54) is 0 Å². The molecule has 2 rings (SSSR count). The number of amides is 1. The first kappa shape index (κ1) is 16.3. The zero-order valence-electron chi connectivity index (χ0n) is 12.9. The van der Waals surface area contributed by atoms with Gasteiger partial charge < -0.3 is 10.6 Å². The maximum absolute atomic E-state index is 12.5. The fraction of sp³-hybridized carbons (Fsp3) is 0.588. The molecule has 0 bridgehead atoms. The predicted molar refractivity (Wildman–Crippen MR) is 87.4 cm³/mol. The molecule has 21 heavy (non-hydrogen) atoms. The molecule has 4 heteroatoms. The molecule has 0 radical (unpaired) electrons. The summed E-state index contributed by atoms with van der Waals surface area (Å²) in [5, 5.41) is 7.26. The van der Waals surface area contributed by atoms with Crippen LogP contribution in [0.4, 0.5) is 0 Å². The molecule has 0 saturated carbocycles. The summed E-state index contributed by atoms with van der Waals surface area (Å²) in [4.78, 5) is 12.5. The normalized spacial score (nSPS) is 20.3. The SMILES string of the molecule is CC(C)CC(NC(=O)C1CCCNC1)c1ccc(Cl)cc1.